The molecule has 0 aromatic heterocycles. The highest BCUT2D eigenvalue weighted by Crippen LogP contribution is 2.13. The molecule has 0 atom stereocenters. The van der Waals surface area contributed by atoms with Crippen LogP contribution in [0.1, 0.15) is 33.1 Å². The molecule has 0 spiro atoms. The highest BCUT2D eigenvalue weighted by molar-refractivity contribution is 5.76. The van der Waals surface area contributed by atoms with Crippen molar-refractivity contribution in [3.05, 3.63) is 30.1 Å². The summed E-state index contributed by atoms with van der Waals surface area (Å²) < 4.78 is 23.8. The molecule has 2 amide bonds. The van der Waals surface area contributed by atoms with Crippen LogP contribution in [0.25, 0.3) is 0 Å². The Labute approximate surface area is 160 Å². The maximum Gasteiger partial charge on any atom is 0.409 e. The van der Waals surface area contributed by atoms with Gasteiger partial charge in [0.2, 0.25) is 5.91 Å². The van der Waals surface area contributed by atoms with Gasteiger partial charge in [0.25, 0.3) is 0 Å². The number of halogens is 1. The fourth-order valence-corrected chi connectivity index (χ4v) is 2.81. The number of carbonyl (C=O) groups excluding carboxylic acids is 2. The third-order valence-electron chi connectivity index (χ3n) is 4.25. The molecule has 7 heteroatoms. The molecule has 1 aliphatic rings. The van der Waals surface area contributed by atoms with Crippen molar-refractivity contribution < 1.29 is 23.5 Å². The second kappa shape index (κ2) is 10.7. The van der Waals surface area contributed by atoms with E-state index in [4.69, 9.17) is 9.47 Å². The predicted octanol–water partition coefficient (Wildman–Crippen LogP) is 3.31. The van der Waals surface area contributed by atoms with Gasteiger partial charge in [0.1, 0.15) is 11.6 Å². The molecule has 2 rings (SSSR count). The number of hydrogen-bond donors (Lipinski definition) is 0. The minimum absolute atomic E-state index is 0.0511. The molecule has 0 aliphatic carbocycles. The topological polar surface area (TPSA) is 59.1 Å². The lowest BCUT2D eigenvalue weighted by Gasteiger charge is -2.22. The second-order valence-electron chi connectivity index (χ2n) is 7.10. The lowest BCUT2D eigenvalue weighted by molar-refractivity contribution is -0.131. The average molecular weight is 380 g/mol. The summed E-state index contributed by atoms with van der Waals surface area (Å²) in [5.41, 5.74) is 0. The SMILES string of the molecule is CC(C)COC(=O)N1CCCN(C(=O)CCCOc2cccc(F)c2)CC1. The van der Waals surface area contributed by atoms with Crippen LogP contribution in [-0.4, -0.2) is 61.2 Å². The van der Waals surface area contributed by atoms with Gasteiger partial charge in [0.15, 0.2) is 0 Å². The fourth-order valence-electron chi connectivity index (χ4n) is 2.81. The van der Waals surface area contributed by atoms with Crippen molar-refractivity contribution in [1.29, 1.82) is 0 Å². The van der Waals surface area contributed by atoms with E-state index in [1.54, 1.807) is 21.9 Å². The van der Waals surface area contributed by atoms with Crippen LogP contribution < -0.4 is 4.74 Å². The first-order valence-corrected chi connectivity index (χ1v) is 9.53. The van der Waals surface area contributed by atoms with Crippen molar-refractivity contribution in [3.8, 4) is 5.75 Å². The van der Waals surface area contributed by atoms with Crippen LogP contribution in [-0.2, 0) is 9.53 Å². The van der Waals surface area contributed by atoms with Crippen LogP contribution >= 0.6 is 0 Å². The fraction of sp³-hybridized carbons (Fsp3) is 0.600. The number of benzene rings is 1. The minimum atomic E-state index is -0.343. The summed E-state index contributed by atoms with van der Waals surface area (Å²) in [5.74, 6) is 0.473. The second-order valence-corrected chi connectivity index (χ2v) is 7.10. The summed E-state index contributed by atoms with van der Waals surface area (Å²) in [6.45, 7) is 6.99. The van der Waals surface area contributed by atoms with Crippen molar-refractivity contribution in [3.63, 3.8) is 0 Å². The molecular formula is C20H29FN2O4. The van der Waals surface area contributed by atoms with Gasteiger partial charge in [0, 0.05) is 38.7 Å². The van der Waals surface area contributed by atoms with E-state index in [0.717, 1.165) is 6.42 Å². The van der Waals surface area contributed by atoms with Crippen LogP contribution in [0.3, 0.4) is 0 Å². The summed E-state index contributed by atoms with van der Waals surface area (Å²) in [6, 6.07) is 5.96. The molecule has 6 nitrogen and oxygen atoms in total. The van der Waals surface area contributed by atoms with Crippen LogP contribution in [0.5, 0.6) is 5.75 Å². The van der Waals surface area contributed by atoms with Gasteiger partial charge in [-0.15, -0.1) is 0 Å². The molecule has 150 valence electrons. The van der Waals surface area contributed by atoms with Crippen molar-refractivity contribution in [2.75, 3.05) is 39.4 Å². The largest absolute Gasteiger partial charge is 0.493 e. The first-order chi connectivity index (χ1) is 13.0. The van der Waals surface area contributed by atoms with E-state index in [1.165, 1.54) is 12.1 Å². The number of ether oxygens (including phenoxy) is 2. The molecule has 0 bridgehead atoms. The number of rotatable bonds is 7. The zero-order valence-electron chi connectivity index (χ0n) is 16.2. The Morgan fingerprint density at radius 1 is 1.15 bits per heavy atom. The number of amides is 2. The van der Waals surface area contributed by atoms with Crippen LogP contribution in [0.15, 0.2) is 24.3 Å². The Bertz CT molecular complexity index is 624. The lowest BCUT2D eigenvalue weighted by Crippen LogP contribution is -2.38. The minimum Gasteiger partial charge on any atom is -0.493 e. The van der Waals surface area contributed by atoms with Gasteiger partial charge in [-0.1, -0.05) is 19.9 Å². The van der Waals surface area contributed by atoms with Gasteiger partial charge in [0.05, 0.1) is 13.2 Å². The Hall–Kier alpha value is -2.31. The molecule has 0 N–H and O–H groups in total. The molecule has 0 radical (unpaired) electrons. The number of carbonyl (C=O) groups is 2. The number of hydrogen-bond acceptors (Lipinski definition) is 4. The Kier molecular flexibility index (Phi) is 8.36. The van der Waals surface area contributed by atoms with Gasteiger partial charge in [-0.25, -0.2) is 9.18 Å². The zero-order chi connectivity index (χ0) is 19.6. The normalized spacial score (nSPS) is 14.8. The highest BCUT2D eigenvalue weighted by Gasteiger charge is 2.22. The Balaban J connectivity index is 1.68. The molecule has 1 heterocycles. The predicted molar refractivity (Wildman–Crippen MR) is 100 cm³/mol. The monoisotopic (exact) mass is 380 g/mol. The quantitative estimate of drug-likeness (QED) is 0.681. The molecule has 1 aromatic carbocycles. The van der Waals surface area contributed by atoms with Crippen LogP contribution in [0.4, 0.5) is 9.18 Å². The third kappa shape index (κ3) is 7.45. The van der Waals surface area contributed by atoms with E-state index < -0.39 is 0 Å². The van der Waals surface area contributed by atoms with Crippen molar-refractivity contribution in [2.45, 2.75) is 33.1 Å². The Morgan fingerprint density at radius 3 is 2.63 bits per heavy atom. The van der Waals surface area contributed by atoms with Gasteiger partial charge in [-0.3, -0.25) is 4.79 Å². The zero-order valence-corrected chi connectivity index (χ0v) is 16.2. The van der Waals surface area contributed by atoms with Gasteiger partial charge >= 0.3 is 6.09 Å². The molecule has 27 heavy (non-hydrogen) atoms. The average Bonchev–Trinajstić information content (AvgIpc) is 2.89. The maximum absolute atomic E-state index is 13.1. The van der Waals surface area contributed by atoms with Crippen LogP contribution in [0.2, 0.25) is 0 Å². The molecule has 1 aromatic rings. The molecule has 1 aliphatic heterocycles. The maximum atomic E-state index is 13.1. The molecule has 1 fully saturated rings. The first-order valence-electron chi connectivity index (χ1n) is 9.53. The molecule has 1 saturated heterocycles. The van der Waals surface area contributed by atoms with E-state index in [9.17, 15) is 14.0 Å². The standard InChI is InChI=1S/C20H29FN2O4/c1-16(2)15-27-20(25)23-10-5-9-22(11-12-23)19(24)8-4-13-26-18-7-3-6-17(21)14-18/h3,6-7,14,16H,4-5,8-13,15H2,1-2H3. The van der Waals surface area contributed by atoms with Gasteiger partial charge in [-0.05, 0) is 30.9 Å². The van der Waals surface area contributed by atoms with E-state index in [2.05, 4.69) is 0 Å². The molecule has 0 saturated carbocycles. The van der Waals surface area contributed by atoms with Gasteiger partial charge < -0.3 is 19.3 Å². The third-order valence-corrected chi connectivity index (χ3v) is 4.25. The first kappa shape index (κ1) is 21.0. The molecule has 0 unspecified atom stereocenters. The smallest absolute Gasteiger partial charge is 0.409 e. The summed E-state index contributed by atoms with van der Waals surface area (Å²) in [6.07, 6.45) is 1.36. The van der Waals surface area contributed by atoms with E-state index in [0.29, 0.717) is 63.9 Å². The summed E-state index contributed by atoms with van der Waals surface area (Å²) in [4.78, 5) is 27.9. The number of nitrogens with zero attached hydrogens (tertiary/aromatic N) is 2. The van der Waals surface area contributed by atoms with E-state index in [-0.39, 0.29) is 17.8 Å². The van der Waals surface area contributed by atoms with E-state index >= 15 is 0 Å². The summed E-state index contributed by atoms with van der Waals surface area (Å²) in [5, 5.41) is 0. The summed E-state index contributed by atoms with van der Waals surface area (Å²) in [7, 11) is 0. The van der Waals surface area contributed by atoms with Crippen molar-refractivity contribution in [2.24, 2.45) is 5.92 Å². The lowest BCUT2D eigenvalue weighted by atomic mass is 10.2. The van der Waals surface area contributed by atoms with Gasteiger partial charge in [-0.2, -0.15) is 0 Å². The summed E-state index contributed by atoms with van der Waals surface area (Å²) >= 11 is 0. The van der Waals surface area contributed by atoms with Crippen molar-refractivity contribution >= 4 is 12.0 Å². The Morgan fingerprint density at radius 2 is 1.89 bits per heavy atom. The molecular weight excluding hydrogens is 351 g/mol. The van der Waals surface area contributed by atoms with Crippen molar-refractivity contribution in [1.82, 2.24) is 9.80 Å². The highest BCUT2D eigenvalue weighted by atomic mass is 19.1. The van der Waals surface area contributed by atoms with E-state index in [1.807, 2.05) is 13.8 Å². The van der Waals surface area contributed by atoms with Crippen LogP contribution in [0, 0.1) is 11.7 Å².